The highest BCUT2D eigenvalue weighted by atomic mass is 15.2. The van der Waals surface area contributed by atoms with Crippen molar-refractivity contribution >= 4 is 0 Å². The molecule has 0 saturated heterocycles. The van der Waals surface area contributed by atoms with E-state index < -0.39 is 0 Å². The van der Waals surface area contributed by atoms with E-state index in [0.717, 1.165) is 0 Å². The quantitative estimate of drug-likeness (QED) is 0.199. The third kappa shape index (κ3) is 16.5. The monoisotopic (exact) mass is 454 g/mol. The summed E-state index contributed by atoms with van der Waals surface area (Å²) >= 11 is 0. The highest BCUT2D eigenvalue weighted by Gasteiger charge is 2.14. The topological polar surface area (TPSA) is 30.5 Å². The van der Waals surface area contributed by atoms with E-state index in [4.69, 9.17) is 0 Å². The fourth-order valence-electron chi connectivity index (χ4n) is 4.89. The Hall–Kier alpha value is -0.160. The molecule has 0 bridgehead atoms. The second-order valence-electron chi connectivity index (χ2n) is 11.3. The summed E-state index contributed by atoms with van der Waals surface area (Å²) < 4.78 is 0. The van der Waals surface area contributed by atoms with E-state index in [1.54, 1.807) is 0 Å². The van der Waals surface area contributed by atoms with Gasteiger partial charge in [-0.1, -0.05) is 12.8 Å². The van der Waals surface area contributed by atoms with Crippen LogP contribution in [0.25, 0.3) is 0 Å². The molecule has 0 aromatic heterocycles. The van der Waals surface area contributed by atoms with E-state index in [-0.39, 0.29) is 0 Å². The van der Waals surface area contributed by atoms with Gasteiger partial charge in [-0.25, -0.2) is 0 Å². The minimum atomic E-state index is 0.640. The Morgan fingerprint density at radius 3 is 1.03 bits per heavy atom. The smallest absolute Gasteiger partial charge is 0.00412 e. The number of hydrogen-bond acceptors (Lipinski definition) is 4. The lowest BCUT2D eigenvalue weighted by Gasteiger charge is -2.30. The number of nitrogens with zero attached hydrogens (tertiary/aromatic N) is 2. The molecule has 0 amide bonds. The highest BCUT2D eigenvalue weighted by molar-refractivity contribution is 4.70. The van der Waals surface area contributed by atoms with Crippen LogP contribution < -0.4 is 10.6 Å². The van der Waals surface area contributed by atoms with Crippen molar-refractivity contribution in [1.82, 2.24) is 20.4 Å². The van der Waals surface area contributed by atoms with Crippen LogP contribution in [0.5, 0.6) is 0 Å². The summed E-state index contributed by atoms with van der Waals surface area (Å²) in [4.78, 5) is 5.21. The van der Waals surface area contributed by atoms with Gasteiger partial charge in [0.1, 0.15) is 0 Å². The molecule has 4 nitrogen and oxygen atoms in total. The molecular weight excluding hydrogens is 392 g/mol. The van der Waals surface area contributed by atoms with Crippen molar-refractivity contribution in [2.24, 2.45) is 0 Å². The maximum Gasteiger partial charge on any atom is 0.00412 e. The fourth-order valence-corrected chi connectivity index (χ4v) is 4.89. The first-order valence-electron chi connectivity index (χ1n) is 14.0. The van der Waals surface area contributed by atoms with Gasteiger partial charge in [-0.2, -0.15) is 0 Å². The van der Waals surface area contributed by atoms with Gasteiger partial charge >= 0.3 is 0 Å². The second-order valence-corrected chi connectivity index (χ2v) is 11.3. The molecule has 0 aliphatic heterocycles. The van der Waals surface area contributed by atoms with Crippen molar-refractivity contribution < 1.29 is 0 Å². The third-order valence-corrected chi connectivity index (χ3v) is 6.85. The van der Waals surface area contributed by atoms with Crippen LogP contribution in [-0.2, 0) is 0 Å². The summed E-state index contributed by atoms with van der Waals surface area (Å²) in [6.07, 6.45) is 10.5. The first kappa shape index (κ1) is 31.8. The summed E-state index contributed by atoms with van der Waals surface area (Å²) in [7, 11) is 0. The van der Waals surface area contributed by atoms with Crippen LogP contribution in [0.3, 0.4) is 0 Å². The molecule has 2 N–H and O–H groups in total. The molecule has 0 aliphatic rings. The van der Waals surface area contributed by atoms with Crippen molar-refractivity contribution in [3.63, 3.8) is 0 Å². The zero-order valence-corrected chi connectivity index (χ0v) is 23.8. The molecule has 194 valence electrons. The summed E-state index contributed by atoms with van der Waals surface area (Å²) in [6.45, 7) is 28.0. The zero-order chi connectivity index (χ0) is 24.5. The van der Waals surface area contributed by atoms with Crippen LogP contribution in [-0.4, -0.2) is 72.2 Å². The molecule has 0 radical (unpaired) electrons. The van der Waals surface area contributed by atoms with E-state index in [0.29, 0.717) is 36.3 Å². The van der Waals surface area contributed by atoms with Gasteiger partial charge in [-0.05, 0) is 134 Å². The van der Waals surface area contributed by atoms with E-state index >= 15 is 0 Å². The van der Waals surface area contributed by atoms with Crippen LogP contribution in [0, 0.1) is 0 Å². The van der Waals surface area contributed by atoms with Crippen LogP contribution in [0.15, 0.2) is 0 Å². The Labute approximate surface area is 203 Å². The molecule has 2 atom stereocenters. The normalized spacial score (nSPS) is 14.6. The maximum atomic E-state index is 3.73. The molecule has 0 rings (SSSR count). The molecule has 0 aliphatic carbocycles. The van der Waals surface area contributed by atoms with Crippen molar-refractivity contribution in [3.8, 4) is 0 Å². The SMILES string of the molecule is CC(CCCN(C(C)C)C(C)C)NCCCCCCNC(C)CCCN(C(C)C)C(C)C. The van der Waals surface area contributed by atoms with Gasteiger partial charge in [0.15, 0.2) is 0 Å². The third-order valence-electron chi connectivity index (χ3n) is 6.85. The molecule has 0 fully saturated rings. The van der Waals surface area contributed by atoms with E-state index in [2.05, 4.69) is 89.7 Å². The molecule has 0 heterocycles. The van der Waals surface area contributed by atoms with Crippen LogP contribution >= 0.6 is 0 Å². The predicted molar refractivity (Wildman–Crippen MR) is 146 cm³/mol. The lowest BCUT2D eigenvalue weighted by molar-refractivity contribution is 0.169. The standard InChI is InChI=1S/C28H62N4/c1-23(2)31(24(3)4)21-15-17-27(9)29-19-13-11-12-14-20-30-28(10)18-16-22-32(25(5)6)26(7)8/h23-30H,11-22H2,1-10H3. The van der Waals surface area contributed by atoms with Crippen molar-refractivity contribution in [2.75, 3.05) is 26.2 Å². The Morgan fingerprint density at radius 1 is 0.438 bits per heavy atom. The van der Waals surface area contributed by atoms with E-state index in [1.807, 2.05) is 0 Å². The Balaban J connectivity index is 3.61. The van der Waals surface area contributed by atoms with Gasteiger partial charge in [0.05, 0.1) is 0 Å². The van der Waals surface area contributed by atoms with Crippen molar-refractivity contribution in [1.29, 1.82) is 0 Å². The van der Waals surface area contributed by atoms with Crippen LogP contribution in [0.2, 0.25) is 0 Å². The number of rotatable bonds is 21. The zero-order valence-electron chi connectivity index (χ0n) is 23.8. The number of unbranched alkanes of at least 4 members (excludes halogenated alkanes) is 3. The van der Waals surface area contributed by atoms with E-state index in [9.17, 15) is 0 Å². The highest BCUT2D eigenvalue weighted by Crippen LogP contribution is 2.09. The van der Waals surface area contributed by atoms with Gasteiger partial charge in [0.2, 0.25) is 0 Å². The molecular formula is C28H62N4. The maximum absolute atomic E-state index is 3.73. The lowest BCUT2D eigenvalue weighted by Crippen LogP contribution is -2.38. The van der Waals surface area contributed by atoms with Gasteiger partial charge in [-0.3, -0.25) is 9.80 Å². The largest absolute Gasteiger partial charge is 0.314 e. The minimum absolute atomic E-state index is 0.640. The summed E-state index contributed by atoms with van der Waals surface area (Å²) in [6, 6.07) is 3.88. The summed E-state index contributed by atoms with van der Waals surface area (Å²) in [5.74, 6) is 0. The first-order valence-corrected chi connectivity index (χ1v) is 14.0. The van der Waals surface area contributed by atoms with Gasteiger partial charge in [0.25, 0.3) is 0 Å². The average molecular weight is 455 g/mol. The summed E-state index contributed by atoms with van der Waals surface area (Å²) in [5, 5.41) is 7.47. The molecule has 0 aromatic rings. The molecule has 0 aromatic carbocycles. The first-order chi connectivity index (χ1) is 15.1. The minimum Gasteiger partial charge on any atom is -0.314 e. The summed E-state index contributed by atoms with van der Waals surface area (Å²) in [5.41, 5.74) is 0. The molecule has 4 heteroatoms. The Kier molecular flexibility index (Phi) is 19.1. The molecule has 0 saturated carbocycles. The van der Waals surface area contributed by atoms with Gasteiger partial charge < -0.3 is 10.6 Å². The molecule has 32 heavy (non-hydrogen) atoms. The number of nitrogens with one attached hydrogen (secondary N) is 2. The van der Waals surface area contributed by atoms with Gasteiger partial charge in [-0.15, -0.1) is 0 Å². The van der Waals surface area contributed by atoms with Crippen molar-refractivity contribution in [3.05, 3.63) is 0 Å². The van der Waals surface area contributed by atoms with Crippen LogP contribution in [0.4, 0.5) is 0 Å². The molecule has 0 spiro atoms. The van der Waals surface area contributed by atoms with Crippen LogP contribution in [0.1, 0.15) is 121 Å². The Bertz CT molecular complexity index is 354. The number of hydrogen-bond donors (Lipinski definition) is 2. The second kappa shape index (κ2) is 19.2. The predicted octanol–water partition coefficient (Wildman–Crippen LogP) is 6.30. The van der Waals surface area contributed by atoms with Gasteiger partial charge in [0, 0.05) is 36.3 Å². The van der Waals surface area contributed by atoms with E-state index in [1.165, 1.54) is 77.5 Å². The molecule has 2 unspecified atom stereocenters. The van der Waals surface area contributed by atoms with Crippen molar-refractivity contribution in [2.45, 2.75) is 157 Å². The lowest BCUT2D eigenvalue weighted by atomic mass is 10.1. The Morgan fingerprint density at radius 2 is 0.750 bits per heavy atom. The average Bonchev–Trinajstić information content (AvgIpc) is 2.69. The fraction of sp³-hybridized carbons (Fsp3) is 1.00.